The summed E-state index contributed by atoms with van der Waals surface area (Å²) in [4.78, 5) is 32.7. The van der Waals surface area contributed by atoms with E-state index in [9.17, 15) is 13.8 Å². The van der Waals surface area contributed by atoms with Crippen molar-refractivity contribution < 1.29 is 13.8 Å². The van der Waals surface area contributed by atoms with Crippen molar-refractivity contribution >= 4 is 63.2 Å². The Hall–Kier alpha value is -2.91. The van der Waals surface area contributed by atoms with Crippen LogP contribution in [-0.2, 0) is 21.3 Å². The molecule has 1 saturated carbocycles. The van der Waals surface area contributed by atoms with E-state index in [-0.39, 0.29) is 23.6 Å². The molecule has 220 valence electrons. The molecule has 3 aliphatic rings. The standard InChI is InChI=1S/C32H34Cl2N4O3S/c1-18-29(36-19(2)30(18)32(40)38-12-4-5-21(38)16-35-15-20-8-9-20)14-24-23-13-22(10-11-28(23)37-31(24)39)42(41)17-25-26(33)6-3-7-27(25)34/h3,6-7,10-11,13-14,20-21,35-36H,4-5,8-9,12,15-17H2,1-2H3,(H,37,39)/t21-,42?/m0/s1. The van der Waals surface area contributed by atoms with E-state index in [1.807, 2.05) is 18.7 Å². The van der Waals surface area contributed by atoms with Crippen LogP contribution in [0.3, 0.4) is 0 Å². The van der Waals surface area contributed by atoms with Crippen molar-refractivity contribution in [3.05, 3.63) is 80.1 Å². The number of hydrogen-bond donors (Lipinski definition) is 3. The minimum Gasteiger partial charge on any atom is -0.358 e. The van der Waals surface area contributed by atoms with Gasteiger partial charge in [0.1, 0.15) is 0 Å². The first-order valence-corrected chi connectivity index (χ1v) is 16.5. The van der Waals surface area contributed by atoms with Crippen LogP contribution in [0.4, 0.5) is 5.69 Å². The molecule has 1 aliphatic carbocycles. The van der Waals surface area contributed by atoms with Crippen LogP contribution in [0.1, 0.15) is 64.1 Å². The highest BCUT2D eigenvalue weighted by Gasteiger charge is 2.33. The Kier molecular flexibility index (Phi) is 8.33. The fourth-order valence-electron chi connectivity index (χ4n) is 5.96. The normalized spacial score (nSPS) is 19.8. The quantitative estimate of drug-likeness (QED) is 0.242. The molecule has 2 aromatic carbocycles. The molecule has 0 radical (unpaired) electrons. The van der Waals surface area contributed by atoms with Crippen LogP contribution in [0.15, 0.2) is 41.3 Å². The molecule has 0 spiro atoms. The van der Waals surface area contributed by atoms with E-state index >= 15 is 0 Å². The second kappa shape index (κ2) is 12.0. The van der Waals surface area contributed by atoms with Crippen LogP contribution in [-0.4, -0.2) is 51.6 Å². The van der Waals surface area contributed by atoms with Crippen molar-refractivity contribution in [2.75, 3.05) is 25.0 Å². The number of halogens is 2. The van der Waals surface area contributed by atoms with Crippen molar-refractivity contribution in [3.8, 4) is 0 Å². The summed E-state index contributed by atoms with van der Waals surface area (Å²) in [6, 6.07) is 10.7. The maximum atomic E-state index is 13.8. The number of anilines is 1. The molecule has 1 aromatic heterocycles. The van der Waals surface area contributed by atoms with Crippen molar-refractivity contribution in [2.45, 2.75) is 56.2 Å². The maximum Gasteiger partial charge on any atom is 0.256 e. The highest BCUT2D eigenvalue weighted by atomic mass is 35.5. The van der Waals surface area contributed by atoms with E-state index in [0.717, 1.165) is 49.7 Å². The zero-order valence-corrected chi connectivity index (χ0v) is 26.0. The molecule has 6 rings (SSSR count). The van der Waals surface area contributed by atoms with Gasteiger partial charge in [-0.05, 0) is 94.0 Å². The first kappa shape index (κ1) is 29.2. The van der Waals surface area contributed by atoms with Crippen LogP contribution < -0.4 is 10.6 Å². The molecule has 10 heteroatoms. The molecule has 1 unspecified atom stereocenters. The minimum absolute atomic E-state index is 0.0359. The summed E-state index contributed by atoms with van der Waals surface area (Å²) in [5.74, 6) is 0.748. The van der Waals surface area contributed by atoms with Gasteiger partial charge in [-0.25, -0.2) is 0 Å². The lowest BCUT2D eigenvalue weighted by Gasteiger charge is -2.25. The van der Waals surface area contributed by atoms with E-state index in [4.69, 9.17) is 23.2 Å². The SMILES string of the molecule is Cc1[nH]c(C=C2C(=O)Nc3ccc(S(=O)Cc4c(Cl)cccc4Cl)cc32)c(C)c1C(=O)N1CCC[C@H]1CNCC1CC1. The van der Waals surface area contributed by atoms with E-state index in [2.05, 4.69) is 15.6 Å². The van der Waals surface area contributed by atoms with Crippen LogP contribution >= 0.6 is 23.2 Å². The lowest BCUT2D eigenvalue weighted by Crippen LogP contribution is -2.42. The van der Waals surface area contributed by atoms with Crippen molar-refractivity contribution in [3.63, 3.8) is 0 Å². The van der Waals surface area contributed by atoms with Crippen LogP contribution in [0.25, 0.3) is 11.6 Å². The predicted octanol–water partition coefficient (Wildman–Crippen LogP) is 6.34. The molecule has 2 atom stereocenters. The largest absolute Gasteiger partial charge is 0.358 e. The van der Waals surface area contributed by atoms with Gasteiger partial charge in [-0.3, -0.25) is 13.8 Å². The van der Waals surface area contributed by atoms with Crippen LogP contribution in [0, 0.1) is 19.8 Å². The van der Waals surface area contributed by atoms with Crippen molar-refractivity contribution in [2.24, 2.45) is 5.92 Å². The zero-order valence-electron chi connectivity index (χ0n) is 23.7. The third-order valence-electron chi connectivity index (χ3n) is 8.50. The monoisotopic (exact) mass is 624 g/mol. The van der Waals surface area contributed by atoms with Gasteiger partial charge < -0.3 is 20.5 Å². The Morgan fingerprint density at radius 1 is 1.12 bits per heavy atom. The number of nitrogens with one attached hydrogen (secondary N) is 3. The Bertz CT molecular complexity index is 1610. The number of nitrogens with zero attached hydrogens (tertiary/aromatic N) is 1. The number of fused-ring (bicyclic) bond motifs is 1. The molecule has 0 bridgehead atoms. The molecule has 3 aromatic rings. The topological polar surface area (TPSA) is 94.3 Å². The summed E-state index contributed by atoms with van der Waals surface area (Å²) in [5.41, 5.74) is 5.37. The number of carbonyl (C=O) groups is 2. The number of benzene rings is 2. The van der Waals surface area contributed by atoms with Gasteiger partial charge in [0.15, 0.2) is 0 Å². The molecule has 42 heavy (non-hydrogen) atoms. The van der Waals surface area contributed by atoms with Gasteiger partial charge in [0.25, 0.3) is 11.8 Å². The van der Waals surface area contributed by atoms with E-state index < -0.39 is 10.8 Å². The number of aryl methyl sites for hydroxylation is 1. The summed E-state index contributed by atoms with van der Waals surface area (Å²) in [5, 5.41) is 7.40. The van der Waals surface area contributed by atoms with Crippen LogP contribution in [0.2, 0.25) is 10.0 Å². The molecule has 1 saturated heterocycles. The Labute approximate surface area is 258 Å². The molecule has 2 fully saturated rings. The zero-order chi connectivity index (χ0) is 29.5. The smallest absolute Gasteiger partial charge is 0.256 e. The number of likely N-dealkylation sites (tertiary alicyclic amines) is 1. The van der Waals surface area contributed by atoms with E-state index in [0.29, 0.717) is 48.6 Å². The van der Waals surface area contributed by atoms with Gasteiger partial charge in [0.05, 0.1) is 27.7 Å². The number of rotatable bonds is 9. The van der Waals surface area contributed by atoms with Crippen molar-refractivity contribution in [1.29, 1.82) is 0 Å². The molecule has 2 amide bonds. The third kappa shape index (κ3) is 5.82. The lowest BCUT2D eigenvalue weighted by molar-refractivity contribution is -0.110. The minimum atomic E-state index is -1.44. The molecule has 7 nitrogen and oxygen atoms in total. The predicted molar refractivity (Wildman–Crippen MR) is 169 cm³/mol. The van der Waals surface area contributed by atoms with E-state index in [1.54, 1.807) is 42.5 Å². The van der Waals surface area contributed by atoms with Crippen LogP contribution in [0.5, 0.6) is 0 Å². The Morgan fingerprint density at radius 3 is 2.62 bits per heavy atom. The van der Waals surface area contributed by atoms with Crippen molar-refractivity contribution in [1.82, 2.24) is 15.2 Å². The lowest BCUT2D eigenvalue weighted by atomic mass is 10.0. The number of H-pyrrole nitrogens is 1. The Balaban J connectivity index is 1.24. The van der Waals surface area contributed by atoms with Gasteiger partial charge in [0.2, 0.25) is 0 Å². The highest BCUT2D eigenvalue weighted by Crippen LogP contribution is 2.37. The van der Waals surface area contributed by atoms with Gasteiger partial charge in [0, 0.05) is 62.3 Å². The average Bonchev–Trinajstić information content (AvgIpc) is 3.46. The second-order valence-corrected chi connectivity index (χ2v) is 13.7. The number of carbonyl (C=O) groups excluding carboxylic acids is 2. The highest BCUT2D eigenvalue weighted by molar-refractivity contribution is 7.84. The molecular formula is C32H34Cl2N4O3S. The van der Waals surface area contributed by atoms with Gasteiger partial charge >= 0.3 is 0 Å². The summed E-state index contributed by atoms with van der Waals surface area (Å²) >= 11 is 12.6. The Morgan fingerprint density at radius 2 is 1.88 bits per heavy atom. The molecule has 3 heterocycles. The molecule has 2 aliphatic heterocycles. The number of aromatic nitrogens is 1. The van der Waals surface area contributed by atoms with Gasteiger partial charge in [-0.15, -0.1) is 0 Å². The third-order valence-corrected chi connectivity index (χ3v) is 10.5. The first-order chi connectivity index (χ1) is 20.2. The average molecular weight is 626 g/mol. The fourth-order valence-corrected chi connectivity index (χ4v) is 7.85. The molecule has 3 N–H and O–H groups in total. The fraction of sp³-hybridized carbons (Fsp3) is 0.375. The van der Waals surface area contributed by atoms with E-state index in [1.165, 1.54) is 12.8 Å². The summed E-state index contributed by atoms with van der Waals surface area (Å²) < 4.78 is 13.3. The van der Waals surface area contributed by atoms with Gasteiger partial charge in [-0.1, -0.05) is 29.3 Å². The summed E-state index contributed by atoms with van der Waals surface area (Å²) in [6.45, 7) is 6.44. The van der Waals surface area contributed by atoms with Gasteiger partial charge in [-0.2, -0.15) is 0 Å². The number of hydrogen-bond acceptors (Lipinski definition) is 4. The maximum absolute atomic E-state index is 13.8. The summed E-state index contributed by atoms with van der Waals surface area (Å²) in [7, 11) is -1.44. The molecular weight excluding hydrogens is 591 g/mol. The summed E-state index contributed by atoms with van der Waals surface area (Å²) in [6.07, 6.45) is 6.41. The number of aromatic amines is 1. The first-order valence-electron chi connectivity index (χ1n) is 14.4. The number of amides is 2. The second-order valence-electron chi connectivity index (χ2n) is 11.5.